The summed E-state index contributed by atoms with van der Waals surface area (Å²) >= 11 is 5.94. The Morgan fingerprint density at radius 3 is 2.27 bits per heavy atom. The Kier molecular flexibility index (Phi) is 6.17. The van der Waals surface area contributed by atoms with Gasteiger partial charge in [0.25, 0.3) is 6.47 Å². The predicted molar refractivity (Wildman–Crippen MR) is 61.8 cm³/mol. The molecule has 5 heteroatoms. The van der Waals surface area contributed by atoms with Crippen LogP contribution in [0.2, 0.25) is 0 Å². The summed E-state index contributed by atoms with van der Waals surface area (Å²) in [7, 11) is 5.73. The normalized spacial score (nSPS) is 14.4. The molecule has 0 aliphatic rings. The molecule has 0 fully saturated rings. The van der Waals surface area contributed by atoms with Gasteiger partial charge in [-0.1, -0.05) is 0 Å². The van der Waals surface area contributed by atoms with E-state index >= 15 is 0 Å². The Labute approximate surface area is 97.2 Å². The van der Waals surface area contributed by atoms with Crippen LogP contribution in [0, 0.1) is 0 Å². The number of ether oxygens (including phenoxy) is 1. The summed E-state index contributed by atoms with van der Waals surface area (Å²) in [6, 6.07) is 0. The van der Waals surface area contributed by atoms with E-state index in [1.807, 2.05) is 32.8 Å². The fraction of sp³-hybridized carbons (Fsp3) is 0.900. The third kappa shape index (κ3) is 4.82. The fourth-order valence-electron chi connectivity index (χ4n) is 1.23. The minimum absolute atomic E-state index is 0.208. The number of nitrogens with zero attached hydrogens (tertiary/aromatic N) is 2. The van der Waals surface area contributed by atoms with E-state index in [0.717, 1.165) is 13.0 Å². The van der Waals surface area contributed by atoms with E-state index in [1.54, 1.807) is 11.5 Å². The molecule has 1 unspecified atom stereocenters. The van der Waals surface area contributed by atoms with Gasteiger partial charge in [-0.2, -0.15) is 0 Å². The first kappa shape index (κ1) is 14.7. The van der Waals surface area contributed by atoms with Crippen LogP contribution in [-0.4, -0.2) is 55.1 Å². The van der Waals surface area contributed by atoms with Gasteiger partial charge in [0.2, 0.25) is 0 Å². The lowest BCUT2D eigenvalue weighted by Gasteiger charge is -2.37. The van der Waals surface area contributed by atoms with Crippen molar-refractivity contribution in [2.45, 2.75) is 31.9 Å². The van der Waals surface area contributed by atoms with Crippen LogP contribution in [0.5, 0.6) is 0 Å². The SMILES string of the molecule is CN(C)CCC(OC=O)C(C)(C)N(C)Cl. The van der Waals surface area contributed by atoms with Gasteiger partial charge in [-0.15, -0.1) is 0 Å². The van der Waals surface area contributed by atoms with E-state index in [4.69, 9.17) is 16.5 Å². The molecule has 0 bridgehead atoms. The van der Waals surface area contributed by atoms with Gasteiger partial charge in [0.1, 0.15) is 6.10 Å². The molecule has 15 heavy (non-hydrogen) atoms. The molecule has 0 N–H and O–H groups in total. The van der Waals surface area contributed by atoms with E-state index < -0.39 is 0 Å². The molecule has 0 radical (unpaired) electrons. The van der Waals surface area contributed by atoms with Gasteiger partial charge in [0.05, 0.1) is 5.54 Å². The number of likely N-dealkylation sites (N-methyl/N-ethyl adjacent to an activating group) is 1. The minimum atomic E-state index is -0.377. The second kappa shape index (κ2) is 6.30. The van der Waals surface area contributed by atoms with Crippen molar-refractivity contribution in [3.8, 4) is 0 Å². The lowest BCUT2D eigenvalue weighted by Crippen LogP contribution is -2.48. The topological polar surface area (TPSA) is 32.8 Å². The van der Waals surface area contributed by atoms with Crippen molar-refractivity contribution in [2.75, 3.05) is 27.7 Å². The molecule has 0 rings (SSSR count). The highest BCUT2D eigenvalue weighted by Crippen LogP contribution is 2.24. The van der Waals surface area contributed by atoms with Crippen molar-refractivity contribution in [1.82, 2.24) is 9.32 Å². The number of hydrogen-bond donors (Lipinski definition) is 0. The van der Waals surface area contributed by atoms with Crippen molar-refractivity contribution in [3.05, 3.63) is 0 Å². The average molecular weight is 237 g/mol. The molecular weight excluding hydrogens is 216 g/mol. The molecule has 0 heterocycles. The molecule has 0 amide bonds. The molecule has 0 saturated heterocycles. The summed E-state index contributed by atoms with van der Waals surface area (Å²) in [5, 5.41) is 0. The number of halogens is 1. The molecule has 0 aromatic carbocycles. The number of rotatable bonds is 7. The van der Waals surface area contributed by atoms with E-state index in [2.05, 4.69) is 0 Å². The highest BCUT2D eigenvalue weighted by molar-refractivity contribution is 6.13. The largest absolute Gasteiger partial charge is 0.463 e. The summed E-state index contributed by atoms with van der Waals surface area (Å²) in [6.45, 7) is 5.24. The lowest BCUT2D eigenvalue weighted by molar-refractivity contribution is -0.139. The first-order chi connectivity index (χ1) is 6.82. The van der Waals surface area contributed by atoms with Crippen molar-refractivity contribution >= 4 is 18.2 Å². The van der Waals surface area contributed by atoms with Crippen molar-refractivity contribution in [1.29, 1.82) is 0 Å². The molecule has 0 spiro atoms. The predicted octanol–water partition coefficient (Wildman–Crippen LogP) is 1.34. The number of carbonyl (C=O) groups excluding carboxylic acids is 1. The number of hydrogen-bond acceptors (Lipinski definition) is 4. The summed E-state index contributed by atoms with van der Waals surface area (Å²) in [5.74, 6) is 0. The van der Waals surface area contributed by atoms with Crippen LogP contribution in [0.25, 0.3) is 0 Å². The van der Waals surface area contributed by atoms with E-state index in [-0.39, 0.29) is 11.6 Å². The third-order valence-electron chi connectivity index (χ3n) is 2.64. The van der Waals surface area contributed by atoms with Crippen LogP contribution >= 0.6 is 11.8 Å². The van der Waals surface area contributed by atoms with Gasteiger partial charge >= 0.3 is 0 Å². The zero-order valence-corrected chi connectivity index (χ0v) is 10.9. The Morgan fingerprint density at radius 1 is 1.40 bits per heavy atom. The van der Waals surface area contributed by atoms with Crippen molar-refractivity contribution in [3.63, 3.8) is 0 Å². The summed E-state index contributed by atoms with van der Waals surface area (Å²) in [5.41, 5.74) is -0.377. The van der Waals surface area contributed by atoms with Crippen molar-refractivity contribution in [2.24, 2.45) is 0 Å². The Morgan fingerprint density at radius 2 is 1.93 bits per heavy atom. The first-order valence-electron chi connectivity index (χ1n) is 4.95. The van der Waals surface area contributed by atoms with Crippen LogP contribution in [0.15, 0.2) is 0 Å². The van der Waals surface area contributed by atoms with Gasteiger partial charge in [0, 0.05) is 13.6 Å². The smallest absolute Gasteiger partial charge is 0.293 e. The second-order valence-electron chi connectivity index (χ2n) is 4.44. The second-order valence-corrected chi connectivity index (χ2v) is 4.95. The summed E-state index contributed by atoms with van der Waals surface area (Å²) in [4.78, 5) is 12.5. The van der Waals surface area contributed by atoms with Gasteiger partial charge in [-0.05, 0) is 46.1 Å². The minimum Gasteiger partial charge on any atom is -0.463 e. The zero-order valence-electron chi connectivity index (χ0n) is 10.2. The molecule has 0 aromatic heterocycles. The maximum atomic E-state index is 10.4. The molecule has 90 valence electrons. The van der Waals surface area contributed by atoms with Crippen LogP contribution in [-0.2, 0) is 9.53 Å². The third-order valence-corrected chi connectivity index (χ3v) is 3.08. The van der Waals surface area contributed by atoms with Crippen LogP contribution in [0.3, 0.4) is 0 Å². The van der Waals surface area contributed by atoms with Gasteiger partial charge in [-0.3, -0.25) is 4.79 Å². The Hall–Kier alpha value is -0.320. The zero-order chi connectivity index (χ0) is 12.1. The standard InChI is InChI=1S/C10H21ClN2O2/c1-10(2,13(5)11)9(15-8-14)6-7-12(3)4/h8-9H,6-7H2,1-5H3. The summed E-state index contributed by atoms with van der Waals surface area (Å²) < 4.78 is 6.64. The van der Waals surface area contributed by atoms with Crippen LogP contribution in [0.4, 0.5) is 0 Å². The average Bonchev–Trinajstić information content (AvgIpc) is 2.11. The molecule has 0 aromatic rings. The monoisotopic (exact) mass is 236 g/mol. The lowest BCUT2D eigenvalue weighted by atomic mass is 9.94. The maximum Gasteiger partial charge on any atom is 0.293 e. The van der Waals surface area contributed by atoms with Gasteiger partial charge in [0.15, 0.2) is 0 Å². The van der Waals surface area contributed by atoms with Crippen LogP contribution in [0.1, 0.15) is 20.3 Å². The van der Waals surface area contributed by atoms with Gasteiger partial charge < -0.3 is 9.64 Å². The highest BCUT2D eigenvalue weighted by atomic mass is 35.5. The Balaban J connectivity index is 4.43. The quantitative estimate of drug-likeness (QED) is 0.494. The molecular formula is C10H21ClN2O2. The molecule has 0 saturated carbocycles. The fourth-order valence-corrected chi connectivity index (χ4v) is 1.34. The molecule has 0 aliphatic heterocycles. The maximum absolute atomic E-state index is 10.4. The van der Waals surface area contributed by atoms with Crippen molar-refractivity contribution < 1.29 is 9.53 Å². The molecule has 4 nitrogen and oxygen atoms in total. The van der Waals surface area contributed by atoms with E-state index in [1.165, 1.54) is 0 Å². The van der Waals surface area contributed by atoms with E-state index in [9.17, 15) is 4.79 Å². The van der Waals surface area contributed by atoms with E-state index in [0.29, 0.717) is 6.47 Å². The Bertz CT molecular complexity index is 196. The molecule has 0 aliphatic carbocycles. The molecule has 1 atom stereocenters. The van der Waals surface area contributed by atoms with Gasteiger partial charge in [-0.25, -0.2) is 4.42 Å². The first-order valence-corrected chi connectivity index (χ1v) is 5.29. The highest BCUT2D eigenvalue weighted by Gasteiger charge is 2.34. The van der Waals surface area contributed by atoms with Crippen LogP contribution < -0.4 is 0 Å². The number of carbonyl (C=O) groups is 1. The summed E-state index contributed by atoms with van der Waals surface area (Å²) in [6.07, 6.45) is 0.551.